The summed E-state index contributed by atoms with van der Waals surface area (Å²) >= 11 is 12.2. The van der Waals surface area contributed by atoms with E-state index in [-0.39, 0.29) is 33.9 Å². The predicted molar refractivity (Wildman–Crippen MR) is 87.9 cm³/mol. The molecule has 22 heavy (non-hydrogen) atoms. The van der Waals surface area contributed by atoms with Gasteiger partial charge in [0.15, 0.2) is 9.84 Å². The fraction of sp³-hybridized carbons (Fsp3) is 0.538. The molecule has 5 nitrogen and oxygen atoms in total. The highest BCUT2D eigenvalue weighted by atomic mass is 35.5. The molecule has 1 heterocycles. The van der Waals surface area contributed by atoms with Crippen molar-refractivity contribution in [2.24, 2.45) is 5.92 Å². The first kappa shape index (κ1) is 18.0. The zero-order chi connectivity index (χ0) is 16.7. The van der Waals surface area contributed by atoms with E-state index < -0.39 is 19.9 Å². The molecule has 0 aromatic heterocycles. The van der Waals surface area contributed by atoms with E-state index in [1.807, 2.05) is 0 Å². The maximum Gasteiger partial charge on any atom is 0.242 e. The third kappa shape index (κ3) is 3.76. The van der Waals surface area contributed by atoms with Crippen LogP contribution < -0.4 is 4.72 Å². The van der Waals surface area contributed by atoms with Crippen LogP contribution in [-0.4, -0.2) is 34.9 Å². The zero-order valence-corrected chi connectivity index (χ0v) is 15.3. The van der Waals surface area contributed by atoms with Gasteiger partial charge in [0.05, 0.1) is 16.5 Å². The van der Waals surface area contributed by atoms with E-state index in [4.69, 9.17) is 23.2 Å². The van der Waals surface area contributed by atoms with E-state index in [2.05, 4.69) is 4.72 Å². The third-order valence-electron chi connectivity index (χ3n) is 3.75. The number of nitrogens with one attached hydrogen (secondary N) is 1. The number of sulfonamides is 1. The molecule has 0 unspecified atom stereocenters. The molecule has 0 aliphatic carbocycles. The van der Waals surface area contributed by atoms with Crippen LogP contribution in [0.25, 0.3) is 0 Å². The Labute approximate surface area is 141 Å². The van der Waals surface area contributed by atoms with Crippen LogP contribution in [0.15, 0.2) is 11.0 Å². The summed E-state index contributed by atoms with van der Waals surface area (Å²) in [5.41, 5.74) is 0.949. The summed E-state index contributed by atoms with van der Waals surface area (Å²) in [6, 6.07) is 1.61. The number of benzene rings is 1. The molecule has 1 saturated heterocycles. The molecule has 124 valence electrons. The van der Waals surface area contributed by atoms with Crippen LogP contribution in [0.1, 0.15) is 17.5 Å². The molecular formula is C13H17Cl2NO4S2. The molecule has 0 radical (unpaired) electrons. The van der Waals surface area contributed by atoms with Gasteiger partial charge in [-0.15, -0.1) is 0 Å². The highest BCUT2D eigenvalue weighted by Gasteiger charge is 2.30. The molecule has 1 aromatic rings. The van der Waals surface area contributed by atoms with E-state index in [0.29, 0.717) is 22.6 Å². The molecule has 1 atom stereocenters. The van der Waals surface area contributed by atoms with Gasteiger partial charge in [0.25, 0.3) is 0 Å². The quantitative estimate of drug-likeness (QED) is 0.861. The van der Waals surface area contributed by atoms with Crippen LogP contribution in [-0.2, 0) is 19.9 Å². The zero-order valence-electron chi connectivity index (χ0n) is 12.2. The first-order valence-electron chi connectivity index (χ1n) is 6.69. The molecule has 2 rings (SSSR count). The van der Waals surface area contributed by atoms with Crippen molar-refractivity contribution < 1.29 is 16.8 Å². The fourth-order valence-electron chi connectivity index (χ4n) is 2.47. The topological polar surface area (TPSA) is 80.3 Å². The summed E-state index contributed by atoms with van der Waals surface area (Å²) in [7, 11) is -6.89. The molecule has 1 aliphatic heterocycles. The smallest absolute Gasteiger partial charge is 0.229 e. The molecule has 1 N–H and O–H groups in total. The summed E-state index contributed by atoms with van der Waals surface area (Å²) in [4.78, 5) is -0.0416. The summed E-state index contributed by atoms with van der Waals surface area (Å²) in [5, 5.41) is 0.458. The minimum absolute atomic E-state index is 0.0107. The lowest BCUT2D eigenvalue weighted by Crippen LogP contribution is -2.30. The second-order valence-corrected chi connectivity index (χ2v) is 10.3. The second kappa shape index (κ2) is 6.28. The fourth-order valence-corrected chi connectivity index (χ4v) is 6.65. The molecule has 0 saturated carbocycles. The van der Waals surface area contributed by atoms with Gasteiger partial charge in [-0.2, -0.15) is 0 Å². The molecule has 9 heteroatoms. The van der Waals surface area contributed by atoms with Gasteiger partial charge in [0.2, 0.25) is 10.0 Å². The third-order valence-corrected chi connectivity index (χ3v) is 8.17. The average molecular weight is 386 g/mol. The van der Waals surface area contributed by atoms with E-state index in [1.54, 1.807) is 19.9 Å². The van der Waals surface area contributed by atoms with Crippen molar-refractivity contribution in [3.05, 3.63) is 27.2 Å². The van der Waals surface area contributed by atoms with Crippen molar-refractivity contribution in [2.45, 2.75) is 25.2 Å². The molecule has 1 aromatic carbocycles. The average Bonchev–Trinajstić information content (AvgIpc) is 2.74. The van der Waals surface area contributed by atoms with E-state index in [0.717, 1.165) is 0 Å². The van der Waals surface area contributed by atoms with Crippen LogP contribution in [0.4, 0.5) is 0 Å². The van der Waals surface area contributed by atoms with Crippen molar-refractivity contribution in [2.75, 3.05) is 18.1 Å². The van der Waals surface area contributed by atoms with Crippen LogP contribution in [0, 0.1) is 19.8 Å². The summed E-state index contributed by atoms with van der Waals surface area (Å²) < 4.78 is 50.3. The predicted octanol–water partition coefficient (Wildman–Crippen LogP) is 2.32. The summed E-state index contributed by atoms with van der Waals surface area (Å²) in [6.45, 7) is 3.33. The van der Waals surface area contributed by atoms with E-state index in [1.165, 1.54) is 0 Å². The number of sulfone groups is 1. The maximum absolute atomic E-state index is 12.5. The minimum atomic E-state index is -3.85. The highest BCUT2D eigenvalue weighted by Crippen LogP contribution is 2.33. The first-order chi connectivity index (χ1) is 10.0. The van der Waals surface area contributed by atoms with E-state index >= 15 is 0 Å². The lowest BCUT2D eigenvalue weighted by Gasteiger charge is -2.15. The van der Waals surface area contributed by atoms with Crippen LogP contribution in [0.3, 0.4) is 0 Å². The number of rotatable bonds is 4. The standard InChI is InChI=1S/C13H17Cl2NO4S2/c1-8-5-11(14)9(2)13(12(8)15)22(19,20)16-6-10-3-4-21(17,18)7-10/h5,10,16H,3-4,6-7H2,1-2H3/t10-/m0/s1. The van der Waals surface area contributed by atoms with Crippen LogP contribution in [0.2, 0.25) is 10.0 Å². The molecular weight excluding hydrogens is 369 g/mol. The molecule has 0 spiro atoms. The van der Waals surface area contributed by atoms with Crippen molar-refractivity contribution in [1.29, 1.82) is 0 Å². The minimum Gasteiger partial charge on any atom is -0.229 e. The Morgan fingerprint density at radius 2 is 1.95 bits per heavy atom. The maximum atomic E-state index is 12.5. The van der Waals surface area contributed by atoms with Crippen molar-refractivity contribution in [3.8, 4) is 0 Å². The Morgan fingerprint density at radius 1 is 1.32 bits per heavy atom. The van der Waals surface area contributed by atoms with Gasteiger partial charge < -0.3 is 0 Å². The first-order valence-corrected chi connectivity index (χ1v) is 10.7. The SMILES string of the molecule is Cc1cc(Cl)c(C)c(S(=O)(=O)NC[C@@H]2CCS(=O)(=O)C2)c1Cl. The van der Waals surface area contributed by atoms with Gasteiger partial charge in [-0.25, -0.2) is 21.6 Å². The van der Waals surface area contributed by atoms with Crippen LogP contribution >= 0.6 is 23.2 Å². The molecule has 0 amide bonds. The summed E-state index contributed by atoms with van der Waals surface area (Å²) in [6.07, 6.45) is 0.464. The van der Waals surface area contributed by atoms with Gasteiger partial charge in [-0.3, -0.25) is 0 Å². The highest BCUT2D eigenvalue weighted by molar-refractivity contribution is 7.91. The van der Waals surface area contributed by atoms with Gasteiger partial charge >= 0.3 is 0 Å². The largest absolute Gasteiger partial charge is 0.242 e. The molecule has 1 aliphatic rings. The van der Waals surface area contributed by atoms with E-state index in [9.17, 15) is 16.8 Å². The van der Waals surface area contributed by atoms with Crippen molar-refractivity contribution in [3.63, 3.8) is 0 Å². The number of aryl methyl sites for hydroxylation is 1. The number of halogens is 2. The Hall–Kier alpha value is -0.340. The number of hydrogen-bond donors (Lipinski definition) is 1. The molecule has 1 fully saturated rings. The lowest BCUT2D eigenvalue weighted by atomic mass is 10.1. The number of hydrogen-bond acceptors (Lipinski definition) is 4. The van der Waals surface area contributed by atoms with Gasteiger partial charge in [-0.05, 0) is 43.4 Å². The molecule has 0 bridgehead atoms. The lowest BCUT2D eigenvalue weighted by molar-refractivity contribution is 0.543. The summed E-state index contributed by atoms with van der Waals surface area (Å²) in [5.74, 6) is -0.0918. The normalized spacial score (nSPS) is 21.2. The Bertz CT molecular complexity index is 778. The Kier molecular flexibility index (Phi) is 5.14. The van der Waals surface area contributed by atoms with Gasteiger partial charge in [0.1, 0.15) is 4.90 Å². The Morgan fingerprint density at radius 3 is 2.50 bits per heavy atom. The van der Waals surface area contributed by atoms with Gasteiger partial charge in [-0.1, -0.05) is 23.2 Å². The van der Waals surface area contributed by atoms with Crippen LogP contribution in [0.5, 0.6) is 0 Å². The van der Waals surface area contributed by atoms with Gasteiger partial charge in [0, 0.05) is 11.6 Å². The Balaban J connectivity index is 2.25. The second-order valence-electron chi connectivity index (χ2n) is 5.56. The van der Waals surface area contributed by atoms with Crippen molar-refractivity contribution in [1.82, 2.24) is 4.72 Å². The monoisotopic (exact) mass is 385 g/mol. The van der Waals surface area contributed by atoms with Crippen molar-refractivity contribution >= 4 is 43.1 Å².